The van der Waals surface area contributed by atoms with Gasteiger partial charge in [0.15, 0.2) is 6.04 Å². The minimum absolute atomic E-state index is 0.0307. The molecule has 7 nitrogen and oxygen atoms in total. The van der Waals surface area contributed by atoms with E-state index in [2.05, 4.69) is 5.32 Å². The number of amides is 1. The molecule has 7 heteroatoms. The monoisotopic (exact) mass is 459 g/mol. The summed E-state index contributed by atoms with van der Waals surface area (Å²) in [5, 5.41) is 14.0. The molecule has 2 aromatic carbocycles. The van der Waals surface area contributed by atoms with E-state index in [9.17, 15) is 19.5 Å². The van der Waals surface area contributed by atoms with Gasteiger partial charge in [-0.1, -0.05) is 30.3 Å². The summed E-state index contributed by atoms with van der Waals surface area (Å²) in [6.45, 7) is 1.86. The van der Waals surface area contributed by atoms with Crippen LogP contribution in [0.2, 0.25) is 0 Å². The zero-order chi connectivity index (χ0) is 23.8. The Balaban J connectivity index is 1.41. The van der Waals surface area contributed by atoms with E-state index in [1.807, 2.05) is 13.0 Å². The van der Waals surface area contributed by atoms with E-state index in [-0.39, 0.29) is 12.8 Å². The van der Waals surface area contributed by atoms with Gasteiger partial charge in [0.05, 0.1) is 0 Å². The highest BCUT2D eigenvalue weighted by atomic mass is 16.4. The summed E-state index contributed by atoms with van der Waals surface area (Å²) in [4.78, 5) is 37.0. The summed E-state index contributed by atoms with van der Waals surface area (Å²) in [5.41, 5.74) is 3.60. The average Bonchev–Trinajstić information content (AvgIpc) is 3.19. The van der Waals surface area contributed by atoms with Crippen LogP contribution in [0.3, 0.4) is 0 Å². The lowest BCUT2D eigenvalue weighted by atomic mass is 9.94. The summed E-state index contributed by atoms with van der Waals surface area (Å²) in [7, 11) is 0. The Hall–Kier alpha value is -3.87. The molecule has 0 fully saturated rings. The van der Waals surface area contributed by atoms with Crippen LogP contribution >= 0.6 is 0 Å². The fraction of sp³-hybridized carbons (Fsp3) is 0.296. The van der Waals surface area contributed by atoms with E-state index in [1.165, 1.54) is 5.56 Å². The molecule has 2 N–H and O–H groups in total. The maximum atomic E-state index is 12.7. The number of carboxylic acids is 1. The molecule has 1 aliphatic carbocycles. The molecule has 0 radical (unpaired) electrons. The second-order valence-electron chi connectivity index (χ2n) is 8.80. The Morgan fingerprint density at radius 3 is 2.53 bits per heavy atom. The van der Waals surface area contributed by atoms with Crippen molar-refractivity contribution >= 4 is 33.8 Å². The van der Waals surface area contributed by atoms with Crippen LogP contribution < -0.4 is 10.9 Å². The maximum absolute atomic E-state index is 12.7. The highest BCUT2D eigenvalue weighted by molar-refractivity contribution is 5.97. The number of furan rings is 1. The van der Waals surface area contributed by atoms with Crippen LogP contribution in [0.1, 0.15) is 53.3 Å². The van der Waals surface area contributed by atoms with Gasteiger partial charge in [-0.2, -0.15) is 0 Å². The van der Waals surface area contributed by atoms with E-state index >= 15 is 0 Å². The molecule has 1 atom stereocenters. The van der Waals surface area contributed by atoms with Crippen LogP contribution in [0.5, 0.6) is 0 Å². The fourth-order valence-electron chi connectivity index (χ4n) is 4.84. The highest BCUT2D eigenvalue weighted by Crippen LogP contribution is 2.35. The van der Waals surface area contributed by atoms with Crippen LogP contribution in [0.25, 0.3) is 21.9 Å². The van der Waals surface area contributed by atoms with Crippen molar-refractivity contribution in [2.45, 2.75) is 51.5 Å². The molecule has 174 valence electrons. The molecule has 0 spiro atoms. The third-order valence-electron chi connectivity index (χ3n) is 6.65. The van der Waals surface area contributed by atoms with E-state index < -0.39 is 23.5 Å². The molecule has 1 amide bonds. The van der Waals surface area contributed by atoms with Crippen LogP contribution in [0, 0.1) is 6.92 Å². The molecule has 0 saturated heterocycles. The third-order valence-corrected chi connectivity index (χ3v) is 6.65. The highest BCUT2D eigenvalue weighted by Gasteiger charge is 2.23. The van der Waals surface area contributed by atoms with Gasteiger partial charge in [-0.15, -0.1) is 0 Å². The first-order valence-corrected chi connectivity index (χ1v) is 11.5. The fourth-order valence-corrected chi connectivity index (χ4v) is 4.84. The van der Waals surface area contributed by atoms with Gasteiger partial charge in [-0.3, -0.25) is 4.79 Å². The summed E-state index contributed by atoms with van der Waals surface area (Å²) < 4.78 is 11.6. The van der Waals surface area contributed by atoms with Crippen molar-refractivity contribution < 1.29 is 23.5 Å². The lowest BCUT2D eigenvalue weighted by Crippen LogP contribution is -2.34. The van der Waals surface area contributed by atoms with Crippen LogP contribution in [0.15, 0.2) is 56.1 Å². The van der Waals surface area contributed by atoms with Crippen LogP contribution in [-0.2, 0) is 28.9 Å². The van der Waals surface area contributed by atoms with Crippen LogP contribution in [-0.4, -0.2) is 17.0 Å². The van der Waals surface area contributed by atoms with Gasteiger partial charge in [0.1, 0.15) is 16.9 Å². The Kier molecular flexibility index (Phi) is 5.69. The zero-order valence-corrected chi connectivity index (χ0v) is 18.8. The Morgan fingerprint density at radius 2 is 1.76 bits per heavy atom. The predicted octanol–water partition coefficient (Wildman–Crippen LogP) is 4.60. The normalized spacial score (nSPS) is 14.1. The number of aliphatic carboxylic acids is 1. The number of hydrogen-bond donors (Lipinski definition) is 2. The van der Waals surface area contributed by atoms with Crippen molar-refractivity contribution in [1.82, 2.24) is 5.32 Å². The van der Waals surface area contributed by atoms with Gasteiger partial charge in [0.25, 0.3) is 0 Å². The number of carbonyl (C=O) groups excluding carboxylic acids is 1. The standard InChI is InChI=1S/C27H25NO6/c1-15-17(11-12-24(29)28-25(26(30)31)16-7-3-2-4-8-16)27(32)34-22-14-23-20(13-19(15)22)18-9-5-6-10-21(18)33-23/h2-4,7-8,13-14,25H,5-6,9-12H2,1H3,(H,28,29)(H,30,31)/t25-/m1/s1. The third kappa shape index (κ3) is 3.98. The van der Waals surface area contributed by atoms with E-state index in [4.69, 9.17) is 8.83 Å². The number of rotatable bonds is 6. The minimum Gasteiger partial charge on any atom is -0.479 e. The number of aryl methyl sites for hydroxylation is 3. The number of carbonyl (C=O) groups is 2. The summed E-state index contributed by atoms with van der Waals surface area (Å²) >= 11 is 0. The van der Waals surface area contributed by atoms with Crippen molar-refractivity contribution in [2.24, 2.45) is 0 Å². The molecule has 4 aromatic rings. The number of carboxylic acid groups (broad SMARTS) is 1. The minimum atomic E-state index is -1.15. The average molecular weight is 459 g/mol. The lowest BCUT2D eigenvalue weighted by Gasteiger charge is -2.15. The second-order valence-corrected chi connectivity index (χ2v) is 8.80. The summed E-state index contributed by atoms with van der Waals surface area (Å²) in [6.07, 6.45) is 4.26. The molecule has 2 heterocycles. The number of fused-ring (bicyclic) bond motifs is 4. The van der Waals surface area contributed by atoms with E-state index in [1.54, 1.807) is 36.4 Å². The van der Waals surface area contributed by atoms with Crippen molar-refractivity contribution in [3.05, 3.63) is 80.9 Å². The van der Waals surface area contributed by atoms with E-state index in [0.29, 0.717) is 16.7 Å². The van der Waals surface area contributed by atoms with Gasteiger partial charge >= 0.3 is 11.6 Å². The molecule has 0 aliphatic heterocycles. The van der Waals surface area contributed by atoms with Crippen molar-refractivity contribution in [1.29, 1.82) is 0 Å². The maximum Gasteiger partial charge on any atom is 0.339 e. The van der Waals surface area contributed by atoms with E-state index in [0.717, 1.165) is 53.4 Å². The summed E-state index contributed by atoms with van der Waals surface area (Å²) in [6, 6.07) is 11.2. The molecule has 5 rings (SSSR count). The van der Waals surface area contributed by atoms with Crippen molar-refractivity contribution in [3.8, 4) is 0 Å². The lowest BCUT2D eigenvalue weighted by molar-refractivity contribution is -0.142. The summed E-state index contributed by atoms with van der Waals surface area (Å²) in [5.74, 6) is -0.581. The molecule has 1 aliphatic rings. The van der Waals surface area contributed by atoms with Gasteiger partial charge in [-0.25, -0.2) is 9.59 Å². The molecule has 0 saturated carbocycles. The predicted molar refractivity (Wildman–Crippen MR) is 127 cm³/mol. The Labute approximate surface area is 195 Å². The van der Waals surface area contributed by atoms with Gasteiger partial charge < -0.3 is 19.3 Å². The van der Waals surface area contributed by atoms with Crippen LogP contribution in [0.4, 0.5) is 0 Å². The number of benzene rings is 2. The first-order valence-electron chi connectivity index (χ1n) is 11.5. The SMILES string of the molecule is Cc1c(CCC(=O)N[C@@H](C(=O)O)c2ccccc2)c(=O)oc2cc3oc4c(c3cc12)CCCC4. The molecule has 34 heavy (non-hydrogen) atoms. The first-order chi connectivity index (χ1) is 16.4. The molecular formula is C27H25NO6. The number of nitrogens with one attached hydrogen (secondary N) is 1. The topological polar surface area (TPSA) is 110 Å². The molecule has 2 aromatic heterocycles. The largest absolute Gasteiger partial charge is 0.479 e. The van der Waals surface area contributed by atoms with Gasteiger partial charge in [-0.05, 0) is 49.8 Å². The Morgan fingerprint density at radius 1 is 1.03 bits per heavy atom. The smallest absolute Gasteiger partial charge is 0.339 e. The van der Waals surface area contributed by atoms with Crippen molar-refractivity contribution in [2.75, 3.05) is 0 Å². The molecular weight excluding hydrogens is 434 g/mol. The number of hydrogen-bond acceptors (Lipinski definition) is 5. The molecule has 0 bridgehead atoms. The van der Waals surface area contributed by atoms with Gasteiger partial charge in [0.2, 0.25) is 5.91 Å². The first kappa shape index (κ1) is 21.9. The molecule has 0 unspecified atom stereocenters. The zero-order valence-electron chi connectivity index (χ0n) is 18.8. The second kappa shape index (κ2) is 8.82. The quantitative estimate of drug-likeness (QED) is 0.408. The van der Waals surface area contributed by atoms with Crippen molar-refractivity contribution in [3.63, 3.8) is 0 Å². The Bertz CT molecular complexity index is 1460. The van der Waals surface area contributed by atoms with Gasteiger partial charge in [0, 0.05) is 40.8 Å².